The van der Waals surface area contributed by atoms with Crippen LogP contribution in [0, 0.1) is 0 Å². The Kier molecular flexibility index (Phi) is 11.1. The minimum absolute atomic E-state index is 0. The molecule has 1 N–H and O–H groups in total. The molecule has 0 aromatic heterocycles. The Bertz CT molecular complexity index is 804. The van der Waals surface area contributed by atoms with Crippen LogP contribution >= 0.6 is 0 Å². The van der Waals surface area contributed by atoms with Gasteiger partial charge in [0.05, 0.1) is 0 Å². The van der Waals surface area contributed by atoms with Crippen LogP contribution in [0.5, 0.6) is 17.2 Å². The number of rotatable bonds is 10. The topological polar surface area (TPSA) is 86.7 Å². The average Bonchev–Trinajstić information content (AvgIpc) is 2.60. The third-order valence-corrected chi connectivity index (χ3v) is 5.04. The Labute approximate surface area is 204 Å². The zero-order valence-corrected chi connectivity index (χ0v) is 19.9. The minimum atomic E-state index is -4.53. The third-order valence-electron chi connectivity index (χ3n) is 4.16. The first-order valence-corrected chi connectivity index (χ1v) is 10.4. The number of benzene rings is 2. The summed E-state index contributed by atoms with van der Waals surface area (Å²) in [6.07, 6.45) is 8.46. The first kappa shape index (κ1) is 24.6. The van der Waals surface area contributed by atoms with Gasteiger partial charge in [-0.15, -0.1) is 5.75 Å². The number of hydrogen-bond donors (Lipinski definition) is 1. The molecule has 0 aliphatic carbocycles. The monoisotopic (exact) mass is 416 g/mol. The van der Waals surface area contributed by atoms with Crippen LogP contribution in [0.4, 0.5) is 0 Å². The summed E-state index contributed by atoms with van der Waals surface area (Å²) in [4.78, 5) is -0.527. The molecule has 0 bridgehead atoms. The standard InChI is InChI=1S/C20H26O5S.K/c1-2-3-4-5-6-7-8-16-9-12-18(13-10-16)25-19-14-11-17(21)15-20(19)26(22,23)24;/h9-15,21H,2-8H2,1H3,(H,22,23,24);/q;+1/p-1. The van der Waals surface area contributed by atoms with Gasteiger partial charge in [-0.1, -0.05) is 57.2 Å². The van der Waals surface area contributed by atoms with Crippen LogP contribution in [0.2, 0.25) is 0 Å². The van der Waals surface area contributed by atoms with Crippen molar-refractivity contribution in [1.29, 1.82) is 0 Å². The Hall–Kier alpha value is -0.414. The summed E-state index contributed by atoms with van der Waals surface area (Å²) in [6.45, 7) is 2.21. The van der Waals surface area contributed by atoms with E-state index >= 15 is 0 Å². The summed E-state index contributed by atoms with van der Waals surface area (Å²) < 4.78 is 37.6. The van der Waals surface area contributed by atoms with Crippen molar-refractivity contribution in [3.63, 3.8) is 0 Å². The van der Waals surface area contributed by atoms with E-state index in [9.17, 15) is 18.1 Å². The number of ether oxygens (including phenoxy) is 1. The van der Waals surface area contributed by atoms with Gasteiger partial charge in [-0.25, -0.2) is 0 Å². The van der Waals surface area contributed by atoms with E-state index in [-0.39, 0.29) is 57.1 Å². The zero-order chi connectivity index (χ0) is 19.0. The van der Waals surface area contributed by atoms with Crippen molar-refractivity contribution >= 4 is 10.1 Å². The van der Waals surface area contributed by atoms with E-state index in [4.69, 9.17) is 4.74 Å². The van der Waals surface area contributed by atoms with Crippen molar-refractivity contribution in [1.82, 2.24) is 0 Å². The van der Waals surface area contributed by atoms with Crippen molar-refractivity contribution in [3.8, 4) is 17.2 Å². The third kappa shape index (κ3) is 8.64. The zero-order valence-electron chi connectivity index (χ0n) is 16.0. The van der Waals surface area contributed by atoms with Gasteiger partial charge in [-0.2, -0.15) is 8.42 Å². The molecule has 0 amide bonds. The quantitative estimate of drug-likeness (QED) is 0.362. The van der Waals surface area contributed by atoms with Crippen molar-refractivity contribution in [2.45, 2.75) is 56.8 Å². The molecule has 0 heterocycles. The maximum atomic E-state index is 11.4. The van der Waals surface area contributed by atoms with Gasteiger partial charge in [-0.3, -0.25) is 4.55 Å². The van der Waals surface area contributed by atoms with Crippen LogP contribution < -0.4 is 61.2 Å². The summed E-state index contributed by atoms with van der Waals surface area (Å²) >= 11 is 0. The molecule has 142 valence electrons. The van der Waals surface area contributed by atoms with Crippen LogP contribution in [-0.2, 0) is 16.5 Å². The van der Waals surface area contributed by atoms with Crippen LogP contribution in [0.25, 0.3) is 0 Å². The molecule has 7 heteroatoms. The summed E-state index contributed by atoms with van der Waals surface area (Å²) in [5, 5.41) is 11.3. The molecule has 0 saturated heterocycles. The molecule has 0 unspecified atom stereocenters. The van der Waals surface area contributed by atoms with Gasteiger partial charge in [-0.05, 0) is 42.7 Å². The molecule has 0 radical (unpaired) electrons. The molecule has 5 nitrogen and oxygen atoms in total. The van der Waals surface area contributed by atoms with Gasteiger partial charge in [0.2, 0.25) is 0 Å². The molecule has 0 saturated carbocycles. The predicted molar refractivity (Wildman–Crippen MR) is 99.3 cm³/mol. The summed E-state index contributed by atoms with van der Waals surface area (Å²) in [7, 11) is -4.53. The largest absolute Gasteiger partial charge is 1.00 e. The van der Waals surface area contributed by atoms with Crippen LogP contribution in [0.15, 0.2) is 47.4 Å². The second-order valence-electron chi connectivity index (χ2n) is 6.35. The van der Waals surface area contributed by atoms with Gasteiger partial charge in [0.1, 0.15) is 16.4 Å². The van der Waals surface area contributed by atoms with Crippen LogP contribution in [0.1, 0.15) is 51.0 Å². The molecule has 2 aromatic rings. The second kappa shape index (κ2) is 12.2. The molecule has 0 spiro atoms. The first-order chi connectivity index (χ1) is 12.4. The number of unbranched alkanes of at least 4 members (excludes halogenated alkanes) is 5. The Morgan fingerprint density at radius 3 is 2.22 bits per heavy atom. The van der Waals surface area contributed by atoms with Gasteiger partial charge in [0.25, 0.3) is 10.1 Å². The Balaban J connectivity index is 0.00000364. The smallest absolute Gasteiger partial charge is 0.872 e. The van der Waals surface area contributed by atoms with E-state index in [0.717, 1.165) is 18.9 Å². The van der Waals surface area contributed by atoms with Gasteiger partial charge in [0.15, 0.2) is 0 Å². The van der Waals surface area contributed by atoms with Crippen molar-refractivity contribution < 1.29 is 74.2 Å². The number of hydrogen-bond acceptors (Lipinski definition) is 4. The molecule has 27 heavy (non-hydrogen) atoms. The summed E-state index contributed by atoms with van der Waals surface area (Å²) in [5.74, 6) is -0.143. The molecule has 0 aliphatic heterocycles. The summed E-state index contributed by atoms with van der Waals surface area (Å²) in [5.41, 5.74) is 1.19. The minimum Gasteiger partial charge on any atom is -0.872 e. The maximum Gasteiger partial charge on any atom is 1.00 e. The Morgan fingerprint density at radius 1 is 0.963 bits per heavy atom. The van der Waals surface area contributed by atoms with E-state index in [1.54, 1.807) is 12.1 Å². The Morgan fingerprint density at radius 2 is 1.59 bits per heavy atom. The summed E-state index contributed by atoms with van der Waals surface area (Å²) in [6, 6.07) is 10.7. The van der Waals surface area contributed by atoms with Crippen molar-refractivity contribution in [3.05, 3.63) is 48.0 Å². The van der Waals surface area contributed by atoms with Crippen LogP contribution in [-0.4, -0.2) is 13.0 Å². The van der Waals surface area contributed by atoms with Gasteiger partial charge in [0, 0.05) is 0 Å². The fourth-order valence-electron chi connectivity index (χ4n) is 2.73. The second-order valence-corrected chi connectivity index (χ2v) is 7.74. The fourth-order valence-corrected chi connectivity index (χ4v) is 3.36. The van der Waals surface area contributed by atoms with E-state index in [1.807, 2.05) is 12.1 Å². The predicted octanol–water partition coefficient (Wildman–Crippen LogP) is 1.71. The molecule has 0 fully saturated rings. The van der Waals surface area contributed by atoms with E-state index in [2.05, 4.69) is 6.92 Å². The van der Waals surface area contributed by atoms with Crippen molar-refractivity contribution in [2.75, 3.05) is 0 Å². The van der Waals surface area contributed by atoms with Gasteiger partial charge < -0.3 is 9.84 Å². The molecular weight excluding hydrogens is 391 g/mol. The number of aryl methyl sites for hydroxylation is 1. The average molecular weight is 417 g/mol. The molecular formula is C20H25KO5S. The molecule has 0 aliphatic rings. The van der Waals surface area contributed by atoms with E-state index in [1.165, 1.54) is 49.8 Å². The van der Waals surface area contributed by atoms with Gasteiger partial charge >= 0.3 is 51.4 Å². The van der Waals surface area contributed by atoms with Crippen molar-refractivity contribution in [2.24, 2.45) is 0 Å². The first-order valence-electron chi connectivity index (χ1n) is 8.95. The normalized spacial score (nSPS) is 11.0. The molecule has 0 atom stereocenters. The maximum absolute atomic E-state index is 11.4. The van der Waals surface area contributed by atoms with E-state index in [0.29, 0.717) is 5.75 Å². The molecule has 2 rings (SSSR count). The van der Waals surface area contributed by atoms with E-state index < -0.39 is 20.8 Å². The SMILES string of the molecule is CCCCCCCCc1ccc(Oc2ccc([O-])cc2S(=O)(=O)O)cc1.[K+]. The molecule has 2 aromatic carbocycles. The van der Waals surface area contributed by atoms with Crippen LogP contribution in [0.3, 0.4) is 0 Å². The fraction of sp³-hybridized carbons (Fsp3) is 0.400.